The maximum Gasteiger partial charge on any atom is 0.324 e. The molecule has 0 saturated heterocycles. The van der Waals surface area contributed by atoms with E-state index in [2.05, 4.69) is 20.4 Å². The molecule has 0 amide bonds. The lowest BCUT2D eigenvalue weighted by atomic mass is 10.0. The molecule has 0 aromatic rings. The molecule has 0 spiro atoms. The molecule has 49 heavy (non-hydrogen) atoms. The summed E-state index contributed by atoms with van der Waals surface area (Å²) in [5, 5.41) is 0. The van der Waals surface area contributed by atoms with Gasteiger partial charge in [0.05, 0.1) is 0 Å². The smallest absolute Gasteiger partial charge is 0.324 e. The van der Waals surface area contributed by atoms with Crippen LogP contribution in [0.2, 0.25) is 0 Å². The summed E-state index contributed by atoms with van der Waals surface area (Å²) in [5.74, 6) is -0.312. The molecule has 0 aliphatic rings. The first-order valence-corrected chi connectivity index (χ1v) is 21.6. The van der Waals surface area contributed by atoms with Crippen LogP contribution >= 0.6 is 11.8 Å². The number of hydrogen-bond acceptors (Lipinski definition) is 8. The number of thioether (sulfide) groups is 1. The Morgan fingerprint density at radius 3 is 1.37 bits per heavy atom. The number of unbranched alkanes of at least 4 members (excludes halogenated alkanes) is 24. The summed E-state index contributed by atoms with van der Waals surface area (Å²) >= 11 is 1.39. The Hall–Kier alpha value is -1.54. The van der Waals surface area contributed by atoms with Crippen LogP contribution in [0.5, 0.6) is 0 Å². The van der Waals surface area contributed by atoms with Gasteiger partial charge in [-0.3, -0.25) is 14.4 Å². The van der Waals surface area contributed by atoms with Crippen molar-refractivity contribution in [1.29, 1.82) is 0 Å². The van der Waals surface area contributed by atoms with Gasteiger partial charge in [0.15, 0.2) is 0 Å². The minimum atomic E-state index is -0.787. The average Bonchev–Trinajstić information content (AvgIpc) is 3.09. The van der Waals surface area contributed by atoms with E-state index in [4.69, 9.17) is 19.9 Å². The zero-order valence-electron chi connectivity index (χ0n) is 32.0. The maximum atomic E-state index is 12.7. The van der Waals surface area contributed by atoms with Crippen molar-refractivity contribution in [3.05, 3.63) is 12.7 Å². The molecule has 0 aliphatic carbocycles. The second-order valence-electron chi connectivity index (χ2n) is 13.8. The first kappa shape index (κ1) is 47.5. The molecule has 0 fully saturated rings. The van der Waals surface area contributed by atoms with Gasteiger partial charge < -0.3 is 19.9 Å². The van der Waals surface area contributed by atoms with Crippen molar-refractivity contribution in [1.82, 2.24) is 0 Å². The number of carbonyl (C=O) groups is 3. The molecule has 0 rings (SSSR count). The number of nitrogens with two attached hydrogens (primary N) is 1. The maximum absolute atomic E-state index is 12.7. The molecule has 2 atom stereocenters. The molecular weight excluding hydrogens is 635 g/mol. The molecule has 0 aromatic carbocycles. The first-order chi connectivity index (χ1) is 23.9. The number of hydrogen-bond donors (Lipinski definition) is 1. The Bertz CT molecular complexity index is 779. The zero-order valence-corrected chi connectivity index (χ0v) is 32.8. The van der Waals surface area contributed by atoms with E-state index in [1.807, 2.05) is 0 Å². The summed E-state index contributed by atoms with van der Waals surface area (Å²) in [6, 6.07) is -0.787. The molecule has 0 aliphatic heterocycles. The van der Waals surface area contributed by atoms with Gasteiger partial charge in [0.2, 0.25) is 0 Å². The van der Waals surface area contributed by atoms with Gasteiger partial charge in [0.1, 0.15) is 25.4 Å². The third-order valence-corrected chi connectivity index (χ3v) is 10.1. The molecule has 1 unspecified atom stereocenters. The van der Waals surface area contributed by atoms with E-state index in [0.717, 1.165) is 38.5 Å². The Kier molecular flexibility index (Phi) is 36.5. The van der Waals surface area contributed by atoms with Crippen LogP contribution in [0.15, 0.2) is 12.7 Å². The molecule has 0 aromatic heterocycles. The highest BCUT2D eigenvalue weighted by Gasteiger charge is 2.20. The van der Waals surface area contributed by atoms with Crippen LogP contribution in [0.25, 0.3) is 0 Å². The van der Waals surface area contributed by atoms with Crippen LogP contribution < -0.4 is 5.73 Å². The molecule has 0 saturated carbocycles. The monoisotopic (exact) mass is 712 g/mol. The number of esters is 3. The molecule has 0 heterocycles. The first-order valence-electron chi connectivity index (χ1n) is 20.4. The summed E-state index contributed by atoms with van der Waals surface area (Å²) in [6.07, 6.45) is 34.2. The molecule has 288 valence electrons. The summed E-state index contributed by atoms with van der Waals surface area (Å²) < 4.78 is 16.3. The molecule has 0 radical (unpaired) electrons. The van der Waals surface area contributed by atoms with Crippen LogP contribution in [0.3, 0.4) is 0 Å². The van der Waals surface area contributed by atoms with E-state index in [1.54, 1.807) is 0 Å². The van der Waals surface area contributed by atoms with Crippen molar-refractivity contribution in [2.24, 2.45) is 5.73 Å². The van der Waals surface area contributed by atoms with Gasteiger partial charge in [-0.25, -0.2) is 0 Å². The van der Waals surface area contributed by atoms with E-state index < -0.39 is 18.1 Å². The molecule has 0 bridgehead atoms. The van der Waals surface area contributed by atoms with Crippen molar-refractivity contribution in [2.75, 3.05) is 24.7 Å². The highest BCUT2D eigenvalue weighted by atomic mass is 32.2. The molecule has 2 N–H and O–H groups in total. The topological polar surface area (TPSA) is 105 Å². The van der Waals surface area contributed by atoms with Gasteiger partial charge in [-0.05, 0) is 12.8 Å². The third kappa shape index (κ3) is 34.7. The average molecular weight is 712 g/mol. The molecular formula is C41H77NO6S. The van der Waals surface area contributed by atoms with Crippen molar-refractivity contribution in [3.8, 4) is 0 Å². The number of carbonyl (C=O) groups excluding carboxylic acids is 3. The Balaban J connectivity index is 4.25. The fourth-order valence-electron chi connectivity index (χ4n) is 5.84. The van der Waals surface area contributed by atoms with E-state index in [-0.39, 0.29) is 25.2 Å². The van der Waals surface area contributed by atoms with Crippen LogP contribution in [0, 0.1) is 0 Å². The van der Waals surface area contributed by atoms with Crippen molar-refractivity contribution < 1.29 is 28.6 Å². The molecule has 8 heteroatoms. The van der Waals surface area contributed by atoms with Gasteiger partial charge in [0, 0.05) is 24.3 Å². The van der Waals surface area contributed by atoms with Gasteiger partial charge in [-0.15, -0.1) is 0 Å². The van der Waals surface area contributed by atoms with Gasteiger partial charge >= 0.3 is 17.9 Å². The van der Waals surface area contributed by atoms with Gasteiger partial charge in [0.25, 0.3) is 0 Å². The highest BCUT2D eigenvalue weighted by Crippen LogP contribution is 2.16. The lowest BCUT2D eigenvalue weighted by Gasteiger charge is -2.19. The van der Waals surface area contributed by atoms with Crippen LogP contribution in [0.1, 0.15) is 194 Å². The van der Waals surface area contributed by atoms with E-state index >= 15 is 0 Å². The summed E-state index contributed by atoms with van der Waals surface area (Å²) in [4.78, 5) is 37.1. The minimum Gasteiger partial charge on any atom is -0.462 e. The predicted molar refractivity (Wildman–Crippen MR) is 208 cm³/mol. The lowest BCUT2D eigenvalue weighted by molar-refractivity contribution is -0.157. The normalized spacial score (nSPS) is 12.4. The number of rotatable bonds is 38. The minimum absolute atomic E-state index is 0.0186. The second kappa shape index (κ2) is 37.7. The fraction of sp³-hybridized carbons (Fsp3) is 0.878. The van der Waals surface area contributed by atoms with E-state index in [0.29, 0.717) is 24.3 Å². The van der Waals surface area contributed by atoms with Crippen molar-refractivity contribution in [2.45, 2.75) is 206 Å². The second-order valence-corrected chi connectivity index (χ2v) is 14.9. The summed E-state index contributed by atoms with van der Waals surface area (Å²) in [7, 11) is 0. The third-order valence-electron chi connectivity index (χ3n) is 8.94. The fourth-order valence-corrected chi connectivity index (χ4v) is 6.79. The lowest BCUT2D eigenvalue weighted by Crippen LogP contribution is -2.35. The van der Waals surface area contributed by atoms with E-state index in [9.17, 15) is 14.4 Å². The standard InChI is InChI=1S/C41H77NO6S/c1-4-7-9-11-13-15-17-19-21-23-25-27-29-31-39(43)47-34-37(35-49-36-38(42)41(45)46-33-6-3)48-40(44)32-30-28-26-24-22-20-18-16-14-12-10-8-5-2/h6,37-38H,3-5,7-36,42H2,1-2H3/t37?,38-/m1/s1. The van der Waals surface area contributed by atoms with E-state index in [1.165, 1.54) is 146 Å². The van der Waals surface area contributed by atoms with Gasteiger partial charge in [-0.1, -0.05) is 181 Å². The highest BCUT2D eigenvalue weighted by molar-refractivity contribution is 7.99. The van der Waals surface area contributed by atoms with Gasteiger partial charge in [-0.2, -0.15) is 11.8 Å². The van der Waals surface area contributed by atoms with Crippen molar-refractivity contribution >= 4 is 29.7 Å². The largest absolute Gasteiger partial charge is 0.462 e. The van der Waals surface area contributed by atoms with Crippen LogP contribution in [0.4, 0.5) is 0 Å². The number of ether oxygens (including phenoxy) is 3. The summed E-state index contributed by atoms with van der Waals surface area (Å²) in [5.41, 5.74) is 5.95. The van der Waals surface area contributed by atoms with Crippen LogP contribution in [-0.2, 0) is 28.6 Å². The van der Waals surface area contributed by atoms with Crippen LogP contribution in [-0.4, -0.2) is 54.8 Å². The molecule has 7 nitrogen and oxygen atoms in total. The Labute approximate surface area is 306 Å². The Morgan fingerprint density at radius 2 is 0.959 bits per heavy atom. The predicted octanol–water partition coefficient (Wildman–Crippen LogP) is 11.2. The zero-order chi connectivity index (χ0) is 36.0. The Morgan fingerprint density at radius 1 is 0.571 bits per heavy atom. The SMILES string of the molecule is C=CCOC(=O)[C@H](N)CSCC(COC(=O)CCCCCCCCCCCCCCC)OC(=O)CCCCCCCCCCCCCCC. The van der Waals surface area contributed by atoms with Crippen molar-refractivity contribution in [3.63, 3.8) is 0 Å². The summed E-state index contributed by atoms with van der Waals surface area (Å²) in [6.45, 7) is 8.19. The quantitative estimate of drug-likeness (QED) is 0.0292.